The molecule has 4 nitrogen and oxygen atoms in total. The summed E-state index contributed by atoms with van der Waals surface area (Å²) in [6.07, 6.45) is 4.95. The molecule has 0 spiro atoms. The predicted molar refractivity (Wildman–Crippen MR) is 61.6 cm³/mol. The second kappa shape index (κ2) is 5.98. The predicted octanol–water partition coefficient (Wildman–Crippen LogP) is 1.31. The molecule has 2 rings (SSSR count). The van der Waals surface area contributed by atoms with Crippen molar-refractivity contribution in [2.24, 2.45) is 5.92 Å². The summed E-state index contributed by atoms with van der Waals surface area (Å²) in [7, 11) is 0. The highest BCUT2D eigenvalue weighted by Gasteiger charge is 2.14. The Morgan fingerprint density at radius 1 is 1.67 bits per heavy atom. The zero-order valence-electron chi connectivity index (χ0n) is 8.98. The van der Waals surface area contributed by atoms with Gasteiger partial charge in [0.1, 0.15) is 0 Å². The summed E-state index contributed by atoms with van der Waals surface area (Å²) in [5.41, 5.74) is 0. The molecule has 86 valence electrons. The highest BCUT2D eigenvalue weighted by Crippen LogP contribution is 2.13. The molecule has 1 N–H and O–H groups in total. The van der Waals surface area contributed by atoms with Gasteiger partial charge < -0.3 is 10.1 Å². The minimum absolute atomic E-state index is 0. The first kappa shape index (κ1) is 12.3. The zero-order valence-corrected chi connectivity index (χ0v) is 9.80. The van der Waals surface area contributed by atoms with Gasteiger partial charge in [-0.2, -0.15) is 5.10 Å². The quantitative estimate of drug-likeness (QED) is 0.850. The molecule has 1 aliphatic heterocycles. The SMILES string of the molecule is CCn1cc(OCC2CCNC2)cn1.Cl. The number of ether oxygens (including phenoxy) is 1. The number of nitrogens with zero attached hydrogens (tertiary/aromatic N) is 2. The van der Waals surface area contributed by atoms with Gasteiger partial charge in [0.2, 0.25) is 0 Å². The van der Waals surface area contributed by atoms with E-state index in [9.17, 15) is 0 Å². The lowest BCUT2D eigenvalue weighted by molar-refractivity contribution is 0.260. The molecule has 1 unspecified atom stereocenters. The number of halogens is 1. The molecule has 1 aromatic rings. The highest BCUT2D eigenvalue weighted by atomic mass is 35.5. The zero-order chi connectivity index (χ0) is 9.80. The van der Waals surface area contributed by atoms with Crippen LogP contribution in [0.5, 0.6) is 5.75 Å². The van der Waals surface area contributed by atoms with Crippen molar-refractivity contribution in [1.29, 1.82) is 0 Å². The van der Waals surface area contributed by atoms with Crippen LogP contribution in [0.25, 0.3) is 0 Å². The number of rotatable bonds is 4. The first-order valence-corrected chi connectivity index (χ1v) is 5.24. The summed E-state index contributed by atoms with van der Waals surface area (Å²) in [5.74, 6) is 1.55. The van der Waals surface area contributed by atoms with Crippen molar-refractivity contribution in [2.75, 3.05) is 19.7 Å². The molecule has 0 aliphatic carbocycles. The Labute approximate surface area is 96.4 Å². The van der Waals surface area contributed by atoms with E-state index in [0.29, 0.717) is 5.92 Å². The molecule has 1 aromatic heterocycles. The molecule has 0 bridgehead atoms. The van der Waals surface area contributed by atoms with E-state index in [1.165, 1.54) is 6.42 Å². The van der Waals surface area contributed by atoms with Gasteiger partial charge in [-0.1, -0.05) is 0 Å². The second-order valence-corrected chi connectivity index (χ2v) is 3.70. The van der Waals surface area contributed by atoms with Crippen LogP contribution in [0.15, 0.2) is 12.4 Å². The Bertz CT molecular complexity index is 284. The molecular weight excluding hydrogens is 214 g/mol. The number of hydrogen-bond acceptors (Lipinski definition) is 3. The normalized spacial score (nSPS) is 19.9. The highest BCUT2D eigenvalue weighted by molar-refractivity contribution is 5.85. The van der Waals surface area contributed by atoms with Gasteiger partial charge in [0, 0.05) is 19.0 Å². The molecule has 0 saturated carbocycles. The molecule has 2 heterocycles. The summed E-state index contributed by atoms with van der Waals surface area (Å²) >= 11 is 0. The van der Waals surface area contributed by atoms with Crippen molar-refractivity contribution in [3.05, 3.63) is 12.4 Å². The number of aryl methyl sites for hydroxylation is 1. The summed E-state index contributed by atoms with van der Waals surface area (Å²) in [6, 6.07) is 0. The third-order valence-electron chi connectivity index (χ3n) is 2.58. The van der Waals surface area contributed by atoms with E-state index in [0.717, 1.165) is 32.0 Å². The van der Waals surface area contributed by atoms with E-state index >= 15 is 0 Å². The molecule has 1 saturated heterocycles. The van der Waals surface area contributed by atoms with Crippen LogP contribution in [-0.2, 0) is 6.54 Å². The largest absolute Gasteiger partial charge is 0.490 e. The molecule has 1 fully saturated rings. The van der Waals surface area contributed by atoms with Crippen LogP contribution in [0.4, 0.5) is 0 Å². The van der Waals surface area contributed by atoms with Gasteiger partial charge in [-0.3, -0.25) is 4.68 Å². The van der Waals surface area contributed by atoms with Crippen LogP contribution in [0.2, 0.25) is 0 Å². The average molecular weight is 232 g/mol. The van der Waals surface area contributed by atoms with Gasteiger partial charge in [-0.15, -0.1) is 12.4 Å². The molecule has 0 amide bonds. The van der Waals surface area contributed by atoms with Crippen LogP contribution in [0.1, 0.15) is 13.3 Å². The molecule has 15 heavy (non-hydrogen) atoms. The molecule has 1 atom stereocenters. The van der Waals surface area contributed by atoms with E-state index in [-0.39, 0.29) is 12.4 Å². The number of hydrogen-bond donors (Lipinski definition) is 1. The van der Waals surface area contributed by atoms with Crippen molar-refractivity contribution in [3.8, 4) is 5.75 Å². The summed E-state index contributed by atoms with van der Waals surface area (Å²) in [5, 5.41) is 7.48. The van der Waals surface area contributed by atoms with Crippen LogP contribution in [0, 0.1) is 5.92 Å². The first-order chi connectivity index (χ1) is 6.88. The van der Waals surface area contributed by atoms with Gasteiger partial charge >= 0.3 is 0 Å². The fourth-order valence-electron chi connectivity index (χ4n) is 1.66. The van der Waals surface area contributed by atoms with Crippen molar-refractivity contribution < 1.29 is 4.74 Å². The number of aromatic nitrogens is 2. The maximum absolute atomic E-state index is 5.65. The summed E-state index contributed by atoms with van der Waals surface area (Å²) in [6.45, 7) is 5.98. The lowest BCUT2D eigenvalue weighted by atomic mass is 10.1. The lowest BCUT2D eigenvalue weighted by Gasteiger charge is -2.08. The Morgan fingerprint density at radius 2 is 2.53 bits per heavy atom. The van der Waals surface area contributed by atoms with E-state index in [1.54, 1.807) is 6.20 Å². The Kier molecular flexibility index (Phi) is 4.91. The maximum atomic E-state index is 5.65. The lowest BCUT2D eigenvalue weighted by Crippen LogP contribution is -2.15. The van der Waals surface area contributed by atoms with Gasteiger partial charge in [0.05, 0.1) is 19.0 Å². The second-order valence-electron chi connectivity index (χ2n) is 3.70. The van der Waals surface area contributed by atoms with Crippen molar-refractivity contribution >= 4 is 12.4 Å². The van der Waals surface area contributed by atoms with Crippen molar-refractivity contribution in [1.82, 2.24) is 15.1 Å². The van der Waals surface area contributed by atoms with Gasteiger partial charge in [-0.05, 0) is 19.9 Å². The van der Waals surface area contributed by atoms with Crippen molar-refractivity contribution in [2.45, 2.75) is 19.9 Å². The monoisotopic (exact) mass is 231 g/mol. The van der Waals surface area contributed by atoms with Crippen LogP contribution in [-0.4, -0.2) is 29.5 Å². The van der Waals surface area contributed by atoms with E-state index in [4.69, 9.17) is 4.74 Å². The molecule has 0 radical (unpaired) electrons. The minimum Gasteiger partial charge on any atom is -0.490 e. The van der Waals surface area contributed by atoms with Gasteiger partial charge in [0.15, 0.2) is 5.75 Å². The van der Waals surface area contributed by atoms with Crippen molar-refractivity contribution in [3.63, 3.8) is 0 Å². The van der Waals surface area contributed by atoms with E-state index < -0.39 is 0 Å². The fraction of sp³-hybridized carbons (Fsp3) is 0.700. The fourth-order valence-corrected chi connectivity index (χ4v) is 1.66. The molecular formula is C10H18ClN3O. The Balaban J connectivity index is 0.00000112. The van der Waals surface area contributed by atoms with Crippen LogP contribution in [0.3, 0.4) is 0 Å². The molecule has 1 aliphatic rings. The molecule has 5 heteroatoms. The first-order valence-electron chi connectivity index (χ1n) is 5.24. The smallest absolute Gasteiger partial charge is 0.157 e. The third-order valence-corrected chi connectivity index (χ3v) is 2.58. The average Bonchev–Trinajstić information content (AvgIpc) is 2.86. The topological polar surface area (TPSA) is 39.1 Å². The van der Waals surface area contributed by atoms with Crippen LogP contribution >= 0.6 is 12.4 Å². The van der Waals surface area contributed by atoms with E-state index in [1.807, 2.05) is 10.9 Å². The summed E-state index contributed by atoms with van der Waals surface area (Å²) < 4.78 is 7.53. The Morgan fingerprint density at radius 3 is 3.13 bits per heavy atom. The molecule has 0 aromatic carbocycles. The Hall–Kier alpha value is -0.740. The van der Waals surface area contributed by atoms with Crippen LogP contribution < -0.4 is 10.1 Å². The maximum Gasteiger partial charge on any atom is 0.157 e. The third kappa shape index (κ3) is 3.39. The van der Waals surface area contributed by atoms with Gasteiger partial charge in [0.25, 0.3) is 0 Å². The van der Waals surface area contributed by atoms with E-state index in [2.05, 4.69) is 17.3 Å². The standard InChI is InChI=1S/C10H17N3O.ClH/c1-2-13-7-10(6-12-13)14-8-9-3-4-11-5-9;/h6-7,9,11H,2-5,8H2,1H3;1H. The number of nitrogens with one attached hydrogen (secondary N) is 1. The summed E-state index contributed by atoms with van der Waals surface area (Å²) in [4.78, 5) is 0. The minimum atomic E-state index is 0. The van der Waals surface area contributed by atoms with Gasteiger partial charge in [-0.25, -0.2) is 0 Å².